The van der Waals surface area contributed by atoms with Crippen LogP contribution in [0.4, 0.5) is 4.79 Å². The van der Waals surface area contributed by atoms with Gasteiger partial charge < -0.3 is 15.2 Å². The molecule has 25 heavy (non-hydrogen) atoms. The highest BCUT2D eigenvalue weighted by atomic mass is 16.5. The molecule has 0 aliphatic heterocycles. The Kier molecular flexibility index (Phi) is 8.45. The summed E-state index contributed by atoms with van der Waals surface area (Å²) in [5, 5.41) is 0. The topological polar surface area (TPSA) is 112 Å². The fourth-order valence-electron chi connectivity index (χ4n) is 2.27. The van der Waals surface area contributed by atoms with E-state index in [1.54, 1.807) is 30.7 Å². The van der Waals surface area contributed by atoms with Gasteiger partial charge in [-0.15, -0.1) is 0 Å². The Morgan fingerprint density at radius 3 is 2.36 bits per heavy atom. The average molecular weight is 348 g/mol. The summed E-state index contributed by atoms with van der Waals surface area (Å²) in [4.78, 5) is 40.9. The lowest BCUT2D eigenvalue weighted by Gasteiger charge is -2.36. The lowest BCUT2D eigenvalue weighted by atomic mass is 9.91. The number of primary amides is 1. The molecule has 1 heterocycles. The van der Waals surface area contributed by atoms with E-state index in [9.17, 15) is 14.4 Å². The van der Waals surface area contributed by atoms with E-state index in [1.807, 2.05) is 0 Å². The van der Waals surface area contributed by atoms with Crippen LogP contribution in [0.1, 0.15) is 18.5 Å². The first-order valence-electron chi connectivity index (χ1n) is 7.60. The number of carbonyl (C=O) groups is 2. The van der Waals surface area contributed by atoms with Crippen LogP contribution in [0, 0.1) is 0 Å². The van der Waals surface area contributed by atoms with E-state index in [2.05, 4.69) is 4.98 Å². The Morgan fingerprint density at radius 1 is 1.28 bits per heavy atom. The molecule has 1 rings (SSSR count). The largest absolute Gasteiger partial charge is 0.385 e. The van der Waals surface area contributed by atoms with Gasteiger partial charge in [0.25, 0.3) is 5.91 Å². The molecule has 0 saturated carbocycles. The van der Waals surface area contributed by atoms with Crippen molar-refractivity contribution in [3.63, 3.8) is 0 Å². The van der Waals surface area contributed by atoms with Gasteiger partial charge in [-0.2, -0.15) is 0 Å². The maximum Gasteiger partial charge on any atom is 0.322 e. The summed E-state index contributed by atoms with van der Waals surface area (Å²) >= 11 is 0. The first kappa shape index (κ1) is 20.5. The lowest BCUT2D eigenvalue weighted by Crippen LogP contribution is -2.58. The van der Waals surface area contributed by atoms with E-state index >= 15 is 0 Å². The number of amides is 3. The van der Waals surface area contributed by atoms with E-state index in [0.29, 0.717) is 10.6 Å². The first-order chi connectivity index (χ1) is 12.0. The van der Waals surface area contributed by atoms with Crippen molar-refractivity contribution >= 4 is 24.3 Å². The number of pyridine rings is 1. The SMILES string of the molecule is COCCC([C]=O)(CCOC)N(C(N)=O)C(=O)C=Cc1ccccn1. The van der Waals surface area contributed by atoms with Crippen LogP contribution >= 0.6 is 0 Å². The van der Waals surface area contributed by atoms with E-state index < -0.39 is 17.5 Å². The fraction of sp³-hybridized carbons (Fsp3) is 0.412. The molecular weight excluding hydrogens is 326 g/mol. The lowest BCUT2D eigenvalue weighted by molar-refractivity contribution is -0.126. The second-order valence-electron chi connectivity index (χ2n) is 5.22. The Balaban J connectivity index is 3.13. The summed E-state index contributed by atoms with van der Waals surface area (Å²) in [5.74, 6) is -0.742. The highest BCUT2D eigenvalue weighted by Crippen LogP contribution is 2.23. The van der Waals surface area contributed by atoms with Crippen molar-refractivity contribution in [2.75, 3.05) is 27.4 Å². The van der Waals surface area contributed by atoms with Gasteiger partial charge in [0.1, 0.15) is 5.54 Å². The fourth-order valence-corrected chi connectivity index (χ4v) is 2.27. The minimum Gasteiger partial charge on any atom is -0.385 e. The minimum absolute atomic E-state index is 0.0580. The van der Waals surface area contributed by atoms with Gasteiger partial charge in [0.05, 0.1) is 5.69 Å². The van der Waals surface area contributed by atoms with Crippen molar-refractivity contribution in [1.82, 2.24) is 9.88 Å². The predicted octanol–water partition coefficient (Wildman–Crippen LogP) is 0.924. The van der Waals surface area contributed by atoms with Crippen LogP contribution in [0.5, 0.6) is 0 Å². The normalized spacial score (nSPS) is 11.4. The summed E-state index contributed by atoms with van der Waals surface area (Å²) in [6.07, 6.45) is 6.04. The molecule has 135 valence electrons. The van der Waals surface area contributed by atoms with Gasteiger partial charge in [0.15, 0.2) is 0 Å². The van der Waals surface area contributed by atoms with Crippen LogP contribution in [-0.4, -0.2) is 61.1 Å². The Morgan fingerprint density at radius 2 is 1.92 bits per heavy atom. The number of nitrogens with two attached hydrogens (primary N) is 1. The van der Waals surface area contributed by atoms with E-state index in [-0.39, 0.29) is 26.1 Å². The number of rotatable bonds is 10. The smallest absolute Gasteiger partial charge is 0.322 e. The van der Waals surface area contributed by atoms with Gasteiger partial charge in [0, 0.05) is 52.5 Å². The van der Waals surface area contributed by atoms with Crippen LogP contribution in [0.15, 0.2) is 30.5 Å². The molecule has 1 aromatic heterocycles. The number of urea groups is 1. The molecular formula is C17H22N3O5. The standard InChI is InChI=1S/C17H22N3O5/c1-24-11-8-17(13-21,9-12-25-2)20(16(18)23)15(22)7-6-14-5-3-4-10-19-14/h3-7,10H,8-9,11-12H2,1-2H3,(H2,18,23). The zero-order valence-corrected chi connectivity index (χ0v) is 14.3. The zero-order chi connectivity index (χ0) is 18.7. The van der Waals surface area contributed by atoms with Gasteiger partial charge in [-0.25, -0.2) is 9.69 Å². The number of methoxy groups -OCH3 is 2. The molecule has 0 spiro atoms. The first-order valence-corrected chi connectivity index (χ1v) is 7.60. The van der Waals surface area contributed by atoms with Gasteiger partial charge in [-0.3, -0.25) is 14.6 Å². The summed E-state index contributed by atoms with van der Waals surface area (Å²) in [5.41, 5.74) is 4.32. The third-order valence-corrected chi connectivity index (χ3v) is 3.58. The number of aromatic nitrogens is 1. The van der Waals surface area contributed by atoms with Crippen molar-refractivity contribution in [3.8, 4) is 0 Å². The predicted molar refractivity (Wildman–Crippen MR) is 91.1 cm³/mol. The highest BCUT2D eigenvalue weighted by Gasteiger charge is 2.42. The molecule has 8 nitrogen and oxygen atoms in total. The second kappa shape index (κ2) is 10.3. The molecule has 1 aromatic rings. The Bertz CT molecular complexity index is 596. The van der Waals surface area contributed by atoms with E-state index in [4.69, 9.17) is 15.2 Å². The number of carbonyl (C=O) groups excluding carboxylic acids is 3. The van der Waals surface area contributed by atoms with Crippen molar-refractivity contribution in [1.29, 1.82) is 0 Å². The van der Waals surface area contributed by atoms with Gasteiger partial charge in [-0.05, 0) is 18.2 Å². The van der Waals surface area contributed by atoms with Crippen LogP contribution in [0.2, 0.25) is 0 Å². The number of imide groups is 1. The molecule has 3 amide bonds. The van der Waals surface area contributed by atoms with Crippen molar-refractivity contribution in [3.05, 3.63) is 36.2 Å². The van der Waals surface area contributed by atoms with E-state index in [0.717, 1.165) is 6.08 Å². The monoisotopic (exact) mass is 348 g/mol. The summed E-state index contributed by atoms with van der Waals surface area (Å²) in [6, 6.07) is 4.12. The summed E-state index contributed by atoms with van der Waals surface area (Å²) in [7, 11) is 2.90. The molecule has 0 atom stereocenters. The molecule has 0 unspecified atom stereocenters. The minimum atomic E-state index is -1.57. The van der Waals surface area contributed by atoms with E-state index in [1.165, 1.54) is 20.3 Å². The molecule has 0 aromatic carbocycles. The number of hydrogen-bond acceptors (Lipinski definition) is 6. The molecule has 8 heteroatoms. The third-order valence-electron chi connectivity index (χ3n) is 3.58. The number of nitrogens with zero attached hydrogens (tertiary/aromatic N) is 2. The third kappa shape index (κ3) is 5.77. The Labute approximate surface area is 146 Å². The average Bonchev–Trinajstić information content (AvgIpc) is 2.62. The molecule has 0 aliphatic rings. The second-order valence-corrected chi connectivity index (χ2v) is 5.22. The van der Waals surface area contributed by atoms with Crippen molar-refractivity contribution in [2.24, 2.45) is 5.73 Å². The van der Waals surface area contributed by atoms with Crippen LogP contribution in [-0.2, 0) is 19.1 Å². The number of ether oxygens (including phenoxy) is 2. The van der Waals surface area contributed by atoms with Crippen LogP contribution < -0.4 is 5.73 Å². The Hall–Kier alpha value is -2.58. The molecule has 0 aliphatic carbocycles. The molecule has 2 N–H and O–H groups in total. The molecule has 0 fully saturated rings. The van der Waals surface area contributed by atoms with Gasteiger partial charge in [0.2, 0.25) is 6.29 Å². The zero-order valence-electron chi connectivity index (χ0n) is 14.3. The summed E-state index contributed by atoms with van der Waals surface area (Å²) in [6.45, 7) is 0.278. The maximum absolute atomic E-state index is 12.5. The van der Waals surface area contributed by atoms with Crippen LogP contribution in [0.3, 0.4) is 0 Å². The maximum atomic E-state index is 12.5. The molecule has 0 bridgehead atoms. The quantitative estimate of drug-likeness (QED) is 0.629. The van der Waals surface area contributed by atoms with Gasteiger partial charge in [-0.1, -0.05) is 6.07 Å². The van der Waals surface area contributed by atoms with Crippen molar-refractivity contribution in [2.45, 2.75) is 18.4 Å². The summed E-state index contributed by atoms with van der Waals surface area (Å²) < 4.78 is 9.96. The highest BCUT2D eigenvalue weighted by molar-refractivity contribution is 6.04. The van der Waals surface area contributed by atoms with Gasteiger partial charge >= 0.3 is 6.03 Å². The van der Waals surface area contributed by atoms with Crippen molar-refractivity contribution < 1.29 is 23.9 Å². The molecule has 0 saturated heterocycles. The van der Waals surface area contributed by atoms with Crippen LogP contribution in [0.25, 0.3) is 6.08 Å². The molecule has 1 radical (unpaired) electrons. The number of hydrogen-bond donors (Lipinski definition) is 1.